The van der Waals surface area contributed by atoms with E-state index in [1.54, 1.807) is 23.3 Å². The fraction of sp³-hybridized carbons (Fsp3) is 0.643. The molecule has 0 spiro atoms. The SMILES string of the molecule is CN(CC1CC2CCC(C1)N2)C(=O)c1ccco1. The van der Waals surface area contributed by atoms with E-state index < -0.39 is 0 Å². The number of piperidine rings is 1. The molecule has 4 nitrogen and oxygen atoms in total. The molecule has 0 radical (unpaired) electrons. The summed E-state index contributed by atoms with van der Waals surface area (Å²) in [5, 5.41) is 3.63. The summed E-state index contributed by atoms with van der Waals surface area (Å²) in [4.78, 5) is 13.9. The molecular weight excluding hydrogens is 228 g/mol. The zero-order valence-electron chi connectivity index (χ0n) is 10.8. The van der Waals surface area contributed by atoms with Crippen molar-refractivity contribution in [2.45, 2.75) is 37.8 Å². The summed E-state index contributed by atoms with van der Waals surface area (Å²) in [6, 6.07) is 4.85. The van der Waals surface area contributed by atoms with E-state index >= 15 is 0 Å². The number of fused-ring (bicyclic) bond motifs is 2. The van der Waals surface area contributed by atoms with Gasteiger partial charge >= 0.3 is 0 Å². The van der Waals surface area contributed by atoms with Gasteiger partial charge in [0, 0.05) is 25.7 Å². The summed E-state index contributed by atoms with van der Waals surface area (Å²) in [5.41, 5.74) is 0. The van der Waals surface area contributed by atoms with Crippen molar-refractivity contribution in [1.29, 1.82) is 0 Å². The fourth-order valence-corrected chi connectivity index (χ4v) is 3.38. The van der Waals surface area contributed by atoms with Gasteiger partial charge in [-0.05, 0) is 43.7 Å². The van der Waals surface area contributed by atoms with Crippen LogP contribution < -0.4 is 5.32 Å². The quantitative estimate of drug-likeness (QED) is 0.888. The van der Waals surface area contributed by atoms with E-state index in [1.165, 1.54) is 25.7 Å². The summed E-state index contributed by atoms with van der Waals surface area (Å²) < 4.78 is 5.16. The third-order valence-corrected chi connectivity index (χ3v) is 4.18. The van der Waals surface area contributed by atoms with Crippen LogP contribution in [0.5, 0.6) is 0 Å². The van der Waals surface area contributed by atoms with Crippen LogP contribution in [0, 0.1) is 5.92 Å². The zero-order chi connectivity index (χ0) is 12.5. The number of nitrogens with zero attached hydrogens (tertiary/aromatic N) is 1. The molecule has 0 saturated carbocycles. The Balaban J connectivity index is 1.58. The van der Waals surface area contributed by atoms with Crippen molar-refractivity contribution in [2.24, 2.45) is 5.92 Å². The largest absolute Gasteiger partial charge is 0.459 e. The Morgan fingerprint density at radius 2 is 2.17 bits per heavy atom. The normalized spacial score (nSPS) is 30.4. The smallest absolute Gasteiger partial charge is 0.289 e. The highest BCUT2D eigenvalue weighted by Gasteiger charge is 2.34. The topological polar surface area (TPSA) is 45.5 Å². The lowest BCUT2D eigenvalue weighted by Gasteiger charge is -2.31. The third kappa shape index (κ3) is 2.29. The van der Waals surface area contributed by atoms with Gasteiger partial charge in [0.1, 0.15) is 0 Å². The molecule has 0 aromatic carbocycles. The minimum atomic E-state index is -0.00844. The first-order chi connectivity index (χ1) is 8.72. The minimum absolute atomic E-state index is 0.00844. The lowest BCUT2D eigenvalue weighted by atomic mass is 9.92. The number of hydrogen-bond acceptors (Lipinski definition) is 3. The predicted octanol–water partition coefficient (Wildman–Crippen LogP) is 1.88. The molecule has 18 heavy (non-hydrogen) atoms. The number of hydrogen-bond donors (Lipinski definition) is 1. The van der Waals surface area contributed by atoms with Gasteiger partial charge in [-0.1, -0.05) is 0 Å². The number of amides is 1. The Hall–Kier alpha value is -1.29. The van der Waals surface area contributed by atoms with Crippen LogP contribution in [0.4, 0.5) is 0 Å². The van der Waals surface area contributed by atoms with E-state index in [0.717, 1.165) is 6.54 Å². The lowest BCUT2D eigenvalue weighted by molar-refractivity contribution is 0.0723. The summed E-state index contributed by atoms with van der Waals surface area (Å²) in [7, 11) is 1.87. The number of carbonyl (C=O) groups excluding carboxylic acids is 1. The third-order valence-electron chi connectivity index (χ3n) is 4.18. The minimum Gasteiger partial charge on any atom is -0.459 e. The molecule has 98 valence electrons. The van der Waals surface area contributed by atoms with Crippen LogP contribution in [0.25, 0.3) is 0 Å². The zero-order valence-corrected chi connectivity index (χ0v) is 10.8. The van der Waals surface area contributed by atoms with Gasteiger partial charge in [-0.25, -0.2) is 0 Å². The van der Waals surface area contributed by atoms with E-state index in [-0.39, 0.29) is 5.91 Å². The Labute approximate surface area is 107 Å². The van der Waals surface area contributed by atoms with Gasteiger partial charge in [0.15, 0.2) is 5.76 Å². The second kappa shape index (κ2) is 4.76. The van der Waals surface area contributed by atoms with Crippen LogP contribution in [0.3, 0.4) is 0 Å². The highest BCUT2D eigenvalue weighted by atomic mass is 16.3. The van der Waals surface area contributed by atoms with Crippen molar-refractivity contribution >= 4 is 5.91 Å². The molecule has 1 aromatic rings. The molecule has 2 aliphatic heterocycles. The highest BCUT2D eigenvalue weighted by molar-refractivity contribution is 5.91. The summed E-state index contributed by atoms with van der Waals surface area (Å²) >= 11 is 0. The van der Waals surface area contributed by atoms with E-state index in [1.807, 2.05) is 7.05 Å². The van der Waals surface area contributed by atoms with Gasteiger partial charge in [0.2, 0.25) is 0 Å². The molecule has 2 atom stereocenters. The average Bonchev–Trinajstić information content (AvgIpc) is 2.98. The molecule has 3 heterocycles. The summed E-state index contributed by atoms with van der Waals surface area (Å²) in [5.74, 6) is 1.06. The first-order valence-corrected chi connectivity index (χ1v) is 6.77. The second-order valence-electron chi connectivity index (χ2n) is 5.64. The number of carbonyl (C=O) groups is 1. The van der Waals surface area contributed by atoms with Crippen molar-refractivity contribution in [2.75, 3.05) is 13.6 Å². The molecule has 1 N–H and O–H groups in total. The second-order valence-corrected chi connectivity index (χ2v) is 5.64. The van der Waals surface area contributed by atoms with Crippen LogP contribution in [0.1, 0.15) is 36.2 Å². The van der Waals surface area contributed by atoms with Crippen LogP contribution >= 0.6 is 0 Å². The van der Waals surface area contributed by atoms with Gasteiger partial charge in [-0.2, -0.15) is 0 Å². The van der Waals surface area contributed by atoms with Crippen LogP contribution in [0.2, 0.25) is 0 Å². The van der Waals surface area contributed by atoms with E-state index in [9.17, 15) is 4.79 Å². The molecule has 0 aliphatic carbocycles. The molecule has 2 aliphatic rings. The predicted molar refractivity (Wildman–Crippen MR) is 68.3 cm³/mol. The van der Waals surface area contributed by atoms with Gasteiger partial charge in [-0.15, -0.1) is 0 Å². The maximum absolute atomic E-state index is 12.1. The highest BCUT2D eigenvalue weighted by Crippen LogP contribution is 2.31. The van der Waals surface area contributed by atoms with Crippen molar-refractivity contribution in [3.8, 4) is 0 Å². The molecule has 2 fully saturated rings. The van der Waals surface area contributed by atoms with Crippen LogP contribution in [-0.4, -0.2) is 36.5 Å². The number of nitrogens with one attached hydrogen (secondary N) is 1. The molecule has 4 heteroatoms. The molecule has 2 saturated heterocycles. The van der Waals surface area contributed by atoms with Crippen molar-refractivity contribution in [3.05, 3.63) is 24.2 Å². The number of furan rings is 1. The molecule has 1 aromatic heterocycles. The number of rotatable bonds is 3. The molecule has 2 unspecified atom stereocenters. The first kappa shape index (κ1) is 11.8. The van der Waals surface area contributed by atoms with E-state index in [2.05, 4.69) is 5.32 Å². The standard InChI is InChI=1S/C14H20N2O2/c1-16(14(17)13-3-2-6-18-13)9-10-7-11-4-5-12(8-10)15-11/h2-3,6,10-12,15H,4-5,7-9H2,1H3. The molecule has 1 amide bonds. The Morgan fingerprint density at radius 3 is 2.78 bits per heavy atom. The Kier molecular flexibility index (Phi) is 3.12. The van der Waals surface area contributed by atoms with Crippen molar-refractivity contribution in [1.82, 2.24) is 10.2 Å². The van der Waals surface area contributed by atoms with Gasteiger partial charge in [-0.3, -0.25) is 4.79 Å². The monoisotopic (exact) mass is 248 g/mol. The Bertz CT molecular complexity index is 403. The maximum Gasteiger partial charge on any atom is 0.289 e. The molecule has 2 bridgehead atoms. The van der Waals surface area contributed by atoms with Crippen molar-refractivity contribution in [3.63, 3.8) is 0 Å². The Morgan fingerprint density at radius 1 is 1.44 bits per heavy atom. The van der Waals surface area contributed by atoms with Crippen LogP contribution in [-0.2, 0) is 0 Å². The van der Waals surface area contributed by atoms with Crippen molar-refractivity contribution < 1.29 is 9.21 Å². The fourth-order valence-electron chi connectivity index (χ4n) is 3.38. The van der Waals surface area contributed by atoms with E-state index in [0.29, 0.717) is 23.8 Å². The summed E-state index contributed by atoms with van der Waals surface area (Å²) in [6.45, 7) is 0.841. The average molecular weight is 248 g/mol. The van der Waals surface area contributed by atoms with Gasteiger partial charge < -0.3 is 14.6 Å². The maximum atomic E-state index is 12.1. The van der Waals surface area contributed by atoms with Gasteiger partial charge in [0.05, 0.1) is 6.26 Å². The summed E-state index contributed by atoms with van der Waals surface area (Å²) in [6.07, 6.45) is 6.55. The molecular formula is C14H20N2O2. The molecule has 3 rings (SSSR count). The lowest BCUT2D eigenvalue weighted by Crippen LogP contribution is -2.42. The van der Waals surface area contributed by atoms with Gasteiger partial charge in [0.25, 0.3) is 5.91 Å². The van der Waals surface area contributed by atoms with E-state index in [4.69, 9.17) is 4.42 Å². The first-order valence-electron chi connectivity index (χ1n) is 6.77. The van der Waals surface area contributed by atoms with Crippen LogP contribution in [0.15, 0.2) is 22.8 Å².